The number of ether oxygens (including phenoxy) is 1. The Hall–Kier alpha value is -2.27. The van der Waals surface area contributed by atoms with E-state index in [9.17, 15) is 9.18 Å². The molecule has 2 aromatic carbocycles. The number of nitrogen functional groups attached to an aromatic ring is 1. The first kappa shape index (κ1) is 14.1. The third kappa shape index (κ3) is 3.61. The van der Waals surface area contributed by atoms with Gasteiger partial charge < -0.3 is 15.8 Å². The van der Waals surface area contributed by atoms with E-state index in [1.165, 1.54) is 12.1 Å². The molecule has 0 fully saturated rings. The summed E-state index contributed by atoms with van der Waals surface area (Å²) in [4.78, 5) is 11.7. The van der Waals surface area contributed by atoms with Gasteiger partial charge in [-0.05, 0) is 24.3 Å². The van der Waals surface area contributed by atoms with Gasteiger partial charge in [-0.15, -0.1) is 0 Å². The van der Waals surface area contributed by atoms with Crippen LogP contribution < -0.4 is 15.8 Å². The Bertz CT molecular complexity index is 634. The second kappa shape index (κ2) is 6.25. The maximum Gasteiger partial charge on any atom is 0.262 e. The molecule has 4 nitrogen and oxygen atoms in total. The van der Waals surface area contributed by atoms with Crippen molar-refractivity contribution >= 4 is 28.9 Å². The fraction of sp³-hybridized carbons (Fsp3) is 0.0714. The zero-order chi connectivity index (χ0) is 14.5. The van der Waals surface area contributed by atoms with Gasteiger partial charge in [0.2, 0.25) is 0 Å². The molecular weight excluding hydrogens is 283 g/mol. The standard InChI is InChI=1S/C14H12ClFN2O2/c15-10-3-1-2-4-12(10)18-14(19)8-20-13-6-5-9(17)7-11(13)16/h1-7H,8,17H2,(H,18,19). The lowest BCUT2D eigenvalue weighted by Gasteiger charge is -2.09. The Morgan fingerprint density at radius 1 is 1.30 bits per heavy atom. The molecule has 0 atom stereocenters. The number of nitrogens with one attached hydrogen (secondary N) is 1. The van der Waals surface area contributed by atoms with Crippen molar-refractivity contribution < 1.29 is 13.9 Å². The SMILES string of the molecule is Nc1ccc(OCC(=O)Nc2ccccc2Cl)c(F)c1. The molecule has 0 spiro atoms. The highest BCUT2D eigenvalue weighted by Gasteiger charge is 2.09. The van der Waals surface area contributed by atoms with E-state index in [-0.39, 0.29) is 18.0 Å². The second-order valence-corrected chi connectivity index (χ2v) is 4.41. The van der Waals surface area contributed by atoms with Crippen molar-refractivity contribution in [2.75, 3.05) is 17.7 Å². The minimum Gasteiger partial charge on any atom is -0.481 e. The summed E-state index contributed by atoms with van der Waals surface area (Å²) in [5.74, 6) is -1.08. The normalized spacial score (nSPS) is 10.1. The zero-order valence-electron chi connectivity index (χ0n) is 10.4. The third-order valence-electron chi connectivity index (χ3n) is 2.46. The van der Waals surface area contributed by atoms with Crippen molar-refractivity contribution in [2.24, 2.45) is 0 Å². The van der Waals surface area contributed by atoms with Crippen LogP contribution in [0.4, 0.5) is 15.8 Å². The average Bonchev–Trinajstić information content (AvgIpc) is 2.40. The van der Waals surface area contributed by atoms with Crippen LogP contribution in [-0.4, -0.2) is 12.5 Å². The lowest BCUT2D eigenvalue weighted by molar-refractivity contribution is -0.118. The van der Waals surface area contributed by atoms with Gasteiger partial charge in [-0.25, -0.2) is 4.39 Å². The lowest BCUT2D eigenvalue weighted by Crippen LogP contribution is -2.20. The highest BCUT2D eigenvalue weighted by atomic mass is 35.5. The van der Waals surface area contributed by atoms with Crippen molar-refractivity contribution in [1.82, 2.24) is 0 Å². The monoisotopic (exact) mass is 294 g/mol. The molecular formula is C14H12ClFN2O2. The fourth-order valence-electron chi connectivity index (χ4n) is 1.53. The van der Waals surface area contributed by atoms with Gasteiger partial charge in [0.05, 0.1) is 10.7 Å². The Labute approximate surface area is 120 Å². The average molecular weight is 295 g/mol. The van der Waals surface area contributed by atoms with E-state index < -0.39 is 11.7 Å². The summed E-state index contributed by atoms with van der Waals surface area (Å²) in [6.45, 7) is -0.327. The van der Waals surface area contributed by atoms with Gasteiger partial charge in [0.25, 0.3) is 5.91 Å². The first-order valence-electron chi connectivity index (χ1n) is 5.78. The summed E-state index contributed by atoms with van der Waals surface area (Å²) in [6.07, 6.45) is 0. The van der Waals surface area contributed by atoms with Crippen LogP contribution in [-0.2, 0) is 4.79 Å². The van der Waals surface area contributed by atoms with Crippen molar-refractivity contribution in [3.05, 3.63) is 53.3 Å². The summed E-state index contributed by atoms with van der Waals surface area (Å²) in [7, 11) is 0. The summed E-state index contributed by atoms with van der Waals surface area (Å²) >= 11 is 5.90. The Balaban J connectivity index is 1.94. The minimum absolute atomic E-state index is 0.0338. The molecule has 2 aromatic rings. The second-order valence-electron chi connectivity index (χ2n) is 4.01. The number of carbonyl (C=O) groups excluding carboxylic acids is 1. The number of hydrogen-bond donors (Lipinski definition) is 2. The highest BCUT2D eigenvalue weighted by Crippen LogP contribution is 2.21. The van der Waals surface area contributed by atoms with E-state index in [4.69, 9.17) is 22.1 Å². The molecule has 0 heterocycles. The van der Waals surface area contributed by atoms with Crippen molar-refractivity contribution in [3.8, 4) is 5.75 Å². The van der Waals surface area contributed by atoms with Crippen molar-refractivity contribution in [3.63, 3.8) is 0 Å². The Morgan fingerprint density at radius 3 is 2.75 bits per heavy atom. The number of nitrogens with two attached hydrogens (primary N) is 1. The summed E-state index contributed by atoms with van der Waals surface area (Å²) in [5, 5.41) is 2.98. The molecule has 2 rings (SSSR count). The third-order valence-corrected chi connectivity index (χ3v) is 2.79. The van der Waals surface area contributed by atoms with Crippen molar-refractivity contribution in [1.29, 1.82) is 0 Å². The minimum atomic E-state index is -0.615. The van der Waals surface area contributed by atoms with Crippen LogP contribution in [0.3, 0.4) is 0 Å². The van der Waals surface area contributed by atoms with Gasteiger partial charge >= 0.3 is 0 Å². The molecule has 0 aromatic heterocycles. The summed E-state index contributed by atoms with van der Waals surface area (Å²) in [6, 6.07) is 10.8. The summed E-state index contributed by atoms with van der Waals surface area (Å²) in [5.41, 5.74) is 6.17. The molecule has 0 radical (unpaired) electrons. The molecule has 0 bridgehead atoms. The molecule has 20 heavy (non-hydrogen) atoms. The number of amides is 1. The first-order chi connectivity index (χ1) is 9.56. The number of halogens is 2. The molecule has 0 saturated heterocycles. The van der Waals surface area contributed by atoms with Gasteiger partial charge in [-0.2, -0.15) is 0 Å². The van der Waals surface area contributed by atoms with Crippen LogP contribution in [0.15, 0.2) is 42.5 Å². The van der Waals surface area contributed by atoms with E-state index in [0.717, 1.165) is 6.07 Å². The van der Waals surface area contributed by atoms with Crippen LogP contribution >= 0.6 is 11.6 Å². The van der Waals surface area contributed by atoms with Crippen LogP contribution in [0.5, 0.6) is 5.75 Å². The molecule has 0 saturated carbocycles. The predicted molar refractivity (Wildman–Crippen MR) is 76.4 cm³/mol. The van der Waals surface area contributed by atoms with E-state index in [1.807, 2.05) is 0 Å². The smallest absolute Gasteiger partial charge is 0.262 e. The van der Waals surface area contributed by atoms with Crippen LogP contribution in [0.25, 0.3) is 0 Å². The van der Waals surface area contributed by atoms with E-state index >= 15 is 0 Å². The van der Waals surface area contributed by atoms with Crippen LogP contribution in [0, 0.1) is 5.82 Å². The zero-order valence-corrected chi connectivity index (χ0v) is 11.2. The van der Waals surface area contributed by atoms with Gasteiger partial charge in [-0.1, -0.05) is 23.7 Å². The van der Waals surface area contributed by atoms with Gasteiger partial charge in [0, 0.05) is 11.8 Å². The quantitative estimate of drug-likeness (QED) is 0.852. The molecule has 0 unspecified atom stereocenters. The fourth-order valence-corrected chi connectivity index (χ4v) is 1.71. The van der Waals surface area contributed by atoms with Crippen LogP contribution in [0.1, 0.15) is 0 Å². The number of carbonyl (C=O) groups is 1. The van der Waals surface area contributed by atoms with Gasteiger partial charge in [0.15, 0.2) is 18.2 Å². The number of rotatable bonds is 4. The molecule has 6 heteroatoms. The number of para-hydroxylation sites is 1. The topological polar surface area (TPSA) is 64.3 Å². The van der Waals surface area contributed by atoms with Crippen LogP contribution in [0.2, 0.25) is 5.02 Å². The molecule has 104 valence electrons. The first-order valence-corrected chi connectivity index (χ1v) is 6.16. The van der Waals surface area contributed by atoms with Gasteiger partial charge in [0.1, 0.15) is 0 Å². The highest BCUT2D eigenvalue weighted by molar-refractivity contribution is 6.33. The van der Waals surface area contributed by atoms with E-state index in [0.29, 0.717) is 10.7 Å². The maximum atomic E-state index is 13.4. The maximum absolute atomic E-state index is 13.4. The van der Waals surface area contributed by atoms with Gasteiger partial charge in [-0.3, -0.25) is 4.79 Å². The number of anilines is 2. The molecule has 0 aliphatic heterocycles. The van der Waals surface area contributed by atoms with E-state index in [1.54, 1.807) is 24.3 Å². The molecule has 0 aliphatic rings. The number of hydrogen-bond acceptors (Lipinski definition) is 3. The lowest BCUT2D eigenvalue weighted by atomic mass is 10.3. The Kier molecular flexibility index (Phi) is 4.42. The van der Waals surface area contributed by atoms with E-state index in [2.05, 4.69) is 5.32 Å². The largest absolute Gasteiger partial charge is 0.481 e. The molecule has 3 N–H and O–H groups in total. The number of benzene rings is 2. The molecule has 0 aliphatic carbocycles. The van der Waals surface area contributed by atoms with Crippen molar-refractivity contribution in [2.45, 2.75) is 0 Å². The molecule has 1 amide bonds. The predicted octanol–water partition coefficient (Wildman–Crippen LogP) is 3.08. The Morgan fingerprint density at radius 2 is 2.05 bits per heavy atom. The summed E-state index contributed by atoms with van der Waals surface area (Å²) < 4.78 is 18.5.